The quantitative estimate of drug-likeness (QED) is 0.713. The van der Waals surface area contributed by atoms with Crippen LogP contribution in [0.2, 0.25) is 0 Å². The second kappa shape index (κ2) is 8.48. The van der Waals surface area contributed by atoms with Crippen molar-refractivity contribution >= 4 is 11.9 Å². The predicted molar refractivity (Wildman–Crippen MR) is 95.8 cm³/mol. The van der Waals surface area contributed by atoms with E-state index in [9.17, 15) is 9.59 Å². The van der Waals surface area contributed by atoms with Crippen LogP contribution in [0, 0.1) is 5.92 Å². The zero-order valence-corrected chi connectivity index (χ0v) is 15.0. The number of esters is 1. The Hall–Kier alpha value is -1.88. The van der Waals surface area contributed by atoms with Gasteiger partial charge in [-0.2, -0.15) is 0 Å². The van der Waals surface area contributed by atoms with Gasteiger partial charge in [-0.1, -0.05) is 30.3 Å². The molecule has 0 N–H and O–H groups in total. The number of rotatable bonds is 7. The number of carbonyl (C=O) groups excluding carboxylic acids is 2. The minimum Gasteiger partial charge on any atom is -0.466 e. The van der Waals surface area contributed by atoms with Gasteiger partial charge in [0.05, 0.1) is 19.1 Å². The minimum absolute atomic E-state index is 0.136. The summed E-state index contributed by atoms with van der Waals surface area (Å²) >= 11 is 0. The number of carbonyl (C=O) groups is 2. The van der Waals surface area contributed by atoms with Crippen LogP contribution in [-0.2, 0) is 20.9 Å². The van der Waals surface area contributed by atoms with Crippen molar-refractivity contribution in [3.05, 3.63) is 35.9 Å². The highest BCUT2D eigenvalue weighted by Crippen LogP contribution is 2.28. The fourth-order valence-corrected chi connectivity index (χ4v) is 3.50. The van der Waals surface area contributed by atoms with Crippen LogP contribution in [0.4, 0.5) is 0 Å². The van der Waals surface area contributed by atoms with Gasteiger partial charge < -0.3 is 9.64 Å². The number of hydrogen-bond acceptors (Lipinski definition) is 4. The molecule has 1 amide bonds. The Morgan fingerprint density at radius 2 is 1.96 bits per heavy atom. The molecule has 0 spiro atoms. The number of hydrogen-bond donors (Lipinski definition) is 0. The van der Waals surface area contributed by atoms with Crippen molar-refractivity contribution in [1.29, 1.82) is 0 Å². The molecule has 1 aliphatic heterocycles. The lowest BCUT2D eigenvalue weighted by Crippen LogP contribution is -2.47. The Morgan fingerprint density at radius 1 is 1.20 bits per heavy atom. The monoisotopic (exact) mass is 344 g/mol. The van der Waals surface area contributed by atoms with E-state index in [4.69, 9.17) is 4.74 Å². The average molecular weight is 344 g/mol. The van der Waals surface area contributed by atoms with Gasteiger partial charge in [0, 0.05) is 25.7 Å². The Kier molecular flexibility index (Phi) is 6.08. The first-order valence-electron chi connectivity index (χ1n) is 9.39. The third-order valence-corrected chi connectivity index (χ3v) is 5.02. The molecule has 2 fully saturated rings. The van der Waals surface area contributed by atoms with Crippen LogP contribution < -0.4 is 0 Å². The summed E-state index contributed by atoms with van der Waals surface area (Å²) in [5.74, 6) is -0.193. The molecule has 0 radical (unpaired) electrons. The summed E-state index contributed by atoms with van der Waals surface area (Å²) in [6, 6.07) is 10.8. The van der Waals surface area contributed by atoms with Crippen LogP contribution >= 0.6 is 0 Å². The van der Waals surface area contributed by atoms with Gasteiger partial charge in [0.1, 0.15) is 0 Å². The summed E-state index contributed by atoms with van der Waals surface area (Å²) in [4.78, 5) is 28.9. The standard InChI is InChI=1S/C20H28N2O3/c1-2-25-20(24)17-9-6-12-21(14-17)19(23)15-22(18-10-11-18)13-16-7-4-3-5-8-16/h3-5,7-8,17-18H,2,6,9-15H2,1H3. The van der Waals surface area contributed by atoms with Crippen molar-refractivity contribution in [3.63, 3.8) is 0 Å². The number of likely N-dealkylation sites (tertiary alicyclic amines) is 1. The molecule has 136 valence electrons. The zero-order valence-electron chi connectivity index (χ0n) is 15.0. The zero-order chi connectivity index (χ0) is 17.6. The highest BCUT2D eigenvalue weighted by atomic mass is 16.5. The van der Waals surface area contributed by atoms with E-state index in [1.54, 1.807) is 0 Å². The molecule has 1 aromatic rings. The van der Waals surface area contributed by atoms with Crippen LogP contribution in [0.15, 0.2) is 30.3 Å². The van der Waals surface area contributed by atoms with Crippen LogP contribution in [-0.4, -0.2) is 54.0 Å². The number of amides is 1. The fourth-order valence-electron chi connectivity index (χ4n) is 3.50. The first-order chi connectivity index (χ1) is 12.2. The summed E-state index contributed by atoms with van der Waals surface area (Å²) in [7, 11) is 0. The van der Waals surface area contributed by atoms with Gasteiger partial charge in [-0.05, 0) is 38.2 Å². The topological polar surface area (TPSA) is 49.9 Å². The van der Waals surface area contributed by atoms with E-state index in [1.165, 1.54) is 18.4 Å². The van der Waals surface area contributed by atoms with Crippen molar-refractivity contribution < 1.29 is 14.3 Å². The second-order valence-corrected chi connectivity index (χ2v) is 7.05. The van der Waals surface area contributed by atoms with E-state index in [1.807, 2.05) is 30.0 Å². The Balaban J connectivity index is 1.56. The van der Waals surface area contributed by atoms with Crippen LogP contribution in [0.25, 0.3) is 0 Å². The maximum atomic E-state index is 12.8. The molecule has 1 heterocycles. The van der Waals surface area contributed by atoms with E-state index < -0.39 is 0 Å². The number of piperidine rings is 1. The lowest BCUT2D eigenvalue weighted by molar-refractivity contribution is -0.151. The molecule has 1 aliphatic carbocycles. The normalized spacial score (nSPS) is 20.6. The molecule has 0 aromatic heterocycles. The maximum Gasteiger partial charge on any atom is 0.310 e. The van der Waals surface area contributed by atoms with Gasteiger partial charge in [-0.15, -0.1) is 0 Å². The summed E-state index contributed by atoms with van der Waals surface area (Å²) < 4.78 is 5.13. The highest BCUT2D eigenvalue weighted by molar-refractivity contribution is 5.80. The predicted octanol–water partition coefficient (Wildman–Crippen LogP) is 2.45. The van der Waals surface area contributed by atoms with Gasteiger partial charge in [0.25, 0.3) is 0 Å². The summed E-state index contributed by atoms with van der Waals surface area (Å²) in [5, 5.41) is 0. The Bertz CT molecular complexity index is 586. The first kappa shape index (κ1) is 17.9. The lowest BCUT2D eigenvalue weighted by atomic mass is 9.98. The summed E-state index contributed by atoms with van der Waals surface area (Å²) in [6.45, 7) is 4.72. The highest BCUT2D eigenvalue weighted by Gasteiger charge is 2.34. The summed E-state index contributed by atoms with van der Waals surface area (Å²) in [6.07, 6.45) is 4.04. The molecule has 1 saturated heterocycles. The SMILES string of the molecule is CCOC(=O)C1CCCN(C(=O)CN(Cc2ccccc2)C2CC2)C1. The van der Waals surface area contributed by atoms with Crippen molar-refractivity contribution in [2.24, 2.45) is 5.92 Å². The van der Waals surface area contributed by atoms with E-state index in [-0.39, 0.29) is 17.8 Å². The molecule has 25 heavy (non-hydrogen) atoms. The molecule has 1 atom stereocenters. The summed E-state index contributed by atoms with van der Waals surface area (Å²) in [5.41, 5.74) is 1.24. The van der Waals surface area contributed by atoms with Crippen LogP contribution in [0.1, 0.15) is 38.2 Å². The molecule has 1 unspecified atom stereocenters. The van der Waals surface area contributed by atoms with Crippen molar-refractivity contribution in [2.75, 3.05) is 26.2 Å². The Morgan fingerprint density at radius 3 is 2.64 bits per heavy atom. The third-order valence-electron chi connectivity index (χ3n) is 5.02. The second-order valence-electron chi connectivity index (χ2n) is 7.05. The fraction of sp³-hybridized carbons (Fsp3) is 0.600. The molecule has 1 saturated carbocycles. The van der Waals surface area contributed by atoms with Crippen LogP contribution in [0.3, 0.4) is 0 Å². The maximum absolute atomic E-state index is 12.8. The number of nitrogens with zero attached hydrogens (tertiary/aromatic N) is 2. The molecule has 2 aliphatic rings. The molecule has 3 rings (SSSR count). The van der Waals surface area contributed by atoms with Gasteiger partial charge in [0.15, 0.2) is 0 Å². The van der Waals surface area contributed by atoms with E-state index in [2.05, 4.69) is 17.0 Å². The van der Waals surface area contributed by atoms with Gasteiger partial charge >= 0.3 is 5.97 Å². The smallest absolute Gasteiger partial charge is 0.310 e. The molecule has 1 aromatic carbocycles. The minimum atomic E-state index is -0.166. The van der Waals surface area contributed by atoms with Gasteiger partial charge in [-0.25, -0.2) is 0 Å². The molecular weight excluding hydrogens is 316 g/mol. The van der Waals surface area contributed by atoms with Gasteiger partial charge in [0.2, 0.25) is 5.91 Å². The van der Waals surface area contributed by atoms with E-state index >= 15 is 0 Å². The molecular formula is C20H28N2O3. The Labute approximate surface area is 149 Å². The van der Waals surface area contributed by atoms with Crippen molar-refractivity contribution in [2.45, 2.75) is 45.2 Å². The molecule has 5 nitrogen and oxygen atoms in total. The largest absolute Gasteiger partial charge is 0.466 e. The average Bonchev–Trinajstić information content (AvgIpc) is 3.47. The third kappa shape index (κ3) is 5.05. The first-order valence-corrected chi connectivity index (χ1v) is 9.39. The molecule has 5 heteroatoms. The van der Waals surface area contributed by atoms with Gasteiger partial charge in [-0.3, -0.25) is 14.5 Å². The lowest BCUT2D eigenvalue weighted by Gasteiger charge is -2.33. The number of benzene rings is 1. The van der Waals surface area contributed by atoms with Crippen LogP contribution in [0.5, 0.6) is 0 Å². The number of ether oxygens (including phenoxy) is 1. The van der Waals surface area contributed by atoms with Crippen molar-refractivity contribution in [3.8, 4) is 0 Å². The van der Waals surface area contributed by atoms with E-state index in [0.717, 1.165) is 25.9 Å². The van der Waals surface area contributed by atoms with Crippen molar-refractivity contribution in [1.82, 2.24) is 9.80 Å². The van der Waals surface area contributed by atoms with E-state index in [0.29, 0.717) is 25.7 Å². The molecule has 0 bridgehead atoms.